The van der Waals surface area contributed by atoms with E-state index < -0.39 is 0 Å². The topological polar surface area (TPSA) is 77.5 Å². The van der Waals surface area contributed by atoms with Crippen molar-refractivity contribution in [2.45, 2.75) is 13.2 Å². The van der Waals surface area contributed by atoms with Gasteiger partial charge in [0, 0.05) is 12.1 Å². The SMILES string of the molecule is OCCn1c(-c2ccccc2)c(-c2ccccc2)c2c1ncn1nc(COc3ccccc3)nc21. The number of aliphatic hydroxyl groups excluding tert-OH is 1. The maximum absolute atomic E-state index is 9.93. The number of aromatic nitrogens is 5. The van der Waals surface area contributed by atoms with E-state index in [0.29, 0.717) is 18.0 Å². The van der Waals surface area contributed by atoms with Crippen molar-refractivity contribution in [1.29, 1.82) is 0 Å². The third-order valence-electron chi connectivity index (χ3n) is 5.97. The maximum Gasteiger partial charge on any atom is 0.189 e. The third-order valence-corrected chi connectivity index (χ3v) is 5.97. The molecule has 172 valence electrons. The molecule has 0 atom stereocenters. The lowest BCUT2D eigenvalue weighted by Gasteiger charge is -2.11. The Kier molecular flexibility index (Phi) is 5.44. The summed E-state index contributed by atoms with van der Waals surface area (Å²) in [6.07, 6.45) is 1.67. The first-order valence-corrected chi connectivity index (χ1v) is 11.5. The Morgan fingerprint density at radius 3 is 2.11 bits per heavy atom. The average Bonchev–Trinajstić information content (AvgIpc) is 3.48. The van der Waals surface area contributed by atoms with Gasteiger partial charge in [-0.1, -0.05) is 78.9 Å². The summed E-state index contributed by atoms with van der Waals surface area (Å²) < 4.78 is 9.66. The zero-order valence-electron chi connectivity index (χ0n) is 19.0. The third kappa shape index (κ3) is 3.82. The van der Waals surface area contributed by atoms with Crippen molar-refractivity contribution in [2.24, 2.45) is 0 Å². The molecule has 0 saturated carbocycles. The van der Waals surface area contributed by atoms with Crippen LogP contribution in [0.15, 0.2) is 97.3 Å². The number of benzene rings is 3. The molecule has 0 saturated heterocycles. The summed E-state index contributed by atoms with van der Waals surface area (Å²) >= 11 is 0. The quantitative estimate of drug-likeness (QED) is 0.363. The summed E-state index contributed by atoms with van der Waals surface area (Å²) in [5.41, 5.74) is 5.56. The minimum absolute atomic E-state index is 0.00639. The molecule has 1 N–H and O–H groups in total. The number of fused-ring (bicyclic) bond motifs is 3. The summed E-state index contributed by atoms with van der Waals surface area (Å²) in [6.45, 7) is 0.652. The molecule has 0 aliphatic heterocycles. The molecule has 0 radical (unpaired) electrons. The molecule has 0 bridgehead atoms. The molecule has 0 aliphatic carbocycles. The molecule has 6 rings (SSSR count). The fraction of sp³-hybridized carbons (Fsp3) is 0.107. The van der Waals surface area contributed by atoms with E-state index in [0.717, 1.165) is 39.2 Å². The van der Waals surface area contributed by atoms with Crippen molar-refractivity contribution in [3.63, 3.8) is 0 Å². The van der Waals surface area contributed by atoms with Gasteiger partial charge in [-0.05, 0) is 23.3 Å². The second-order valence-corrected chi connectivity index (χ2v) is 8.17. The van der Waals surface area contributed by atoms with Gasteiger partial charge in [-0.2, -0.15) is 0 Å². The molecule has 3 aromatic heterocycles. The smallest absolute Gasteiger partial charge is 0.189 e. The van der Waals surface area contributed by atoms with E-state index in [1.165, 1.54) is 0 Å². The molecule has 0 aliphatic rings. The fourth-order valence-corrected chi connectivity index (χ4v) is 4.51. The highest BCUT2D eigenvalue weighted by molar-refractivity contribution is 6.09. The Morgan fingerprint density at radius 2 is 1.43 bits per heavy atom. The molecule has 3 aromatic carbocycles. The number of hydrogen-bond acceptors (Lipinski definition) is 5. The van der Waals surface area contributed by atoms with Gasteiger partial charge in [0.1, 0.15) is 24.3 Å². The average molecular weight is 462 g/mol. The second-order valence-electron chi connectivity index (χ2n) is 8.17. The zero-order valence-corrected chi connectivity index (χ0v) is 19.0. The van der Waals surface area contributed by atoms with Crippen LogP contribution in [0.4, 0.5) is 0 Å². The van der Waals surface area contributed by atoms with Crippen molar-refractivity contribution >= 4 is 16.7 Å². The predicted octanol–water partition coefficient (Wildman–Crippen LogP) is 4.98. The number of nitrogens with zero attached hydrogens (tertiary/aromatic N) is 5. The van der Waals surface area contributed by atoms with Crippen molar-refractivity contribution in [3.8, 4) is 28.1 Å². The molecule has 7 nitrogen and oxygen atoms in total. The van der Waals surface area contributed by atoms with Crippen LogP contribution in [0.25, 0.3) is 39.1 Å². The molecule has 0 fully saturated rings. The number of rotatable bonds is 7. The first-order valence-electron chi connectivity index (χ1n) is 11.5. The van der Waals surface area contributed by atoms with Crippen LogP contribution in [0, 0.1) is 0 Å². The minimum atomic E-state index is -0.00639. The van der Waals surface area contributed by atoms with E-state index >= 15 is 0 Å². The normalized spacial score (nSPS) is 11.3. The van der Waals surface area contributed by atoms with Crippen LogP contribution in [0.2, 0.25) is 0 Å². The fourth-order valence-electron chi connectivity index (χ4n) is 4.51. The van der Waals surface area contributed by atoms with Crippen molar-refractivity contribution < 1.29 is 9.84 Å². The highest BCUT2D eigenvalue weighted by Gasteiger charge is 2.24. The Morgan fingerprint density at radius 1 is 0.771 bits per heavy atom. The molecule has 0 amide bonds. The van der Waals surface area contributed by atoms with Crippen LogP contribution in [0.3, 0.4) is 0 Å². The molecule has 0 unspecified atom stereocenters. The number of para-hydroxylation sites is 1. The first-order chi connectivity index (χ1) is 17.3. The van der Waals surface area contributed by atoms with Gasteiger partial charge >= 0.3 is 0 Å². The lowest BCUT2D eigenvalue weighted by Crippen LogP contribution is -2.05. The van der Waals surface area contributed by atoms with Gasteiger partial charge in [0.25, 0.3) is 0 Å². The van der Waals surface area contributed by atoms with Crippen LogP contribution < -0.4 is 4.74 Å². The molecule has 6 aromatic rings. The van der Waals surface area contributed by atoms with Crippen LogP contribution in [-0.4, -0.2) is 35.9 Å². The monoisotopic (exact) mass is 461 g/mol. The molecule has 3 heterocycles. The van der Waals surface area contributed by atoms with Crippen LogP contribution in [0.1, 0.15) is 5.82 Å². The van der Waals surface area contributed by atoms with Gasteiger partial charge in [-0.3, -0.25) is 0 Å². The Hall–Kier alpha value is -4.49. The lowest BCUT2D eigenvalue weighted by atomic mass is 9.99. The summed E-state index contributed by atoms with van der Waals surface area (Å²) in [6, 6.07) is 30.0. The summed E-state index contributed by atoms with van der Waals surface area (Å²) in [7, 11) is 0. The van der Waals surface area contributed by atoms with Crippen molar-refractivity contribution in [1.82, 2.24) is 24.1 Å². The second kappa shape index (κ2) is 9.04. The molecular formula is C28H23N5O2. The lowest BCUT2D eigenvalue weighted by molar-refractivity contribution is 0.278. The van der Waals surface area contributed by atoms with Gasteiger partial charge in [-0.25, -0.2) is 14.5 Å². The van der Waals surface area contributed by atoms with E-state index in [9.17, 15) is 5.11 Å². The van der Waals surface area contributed by atoms with Gasteiger partial charge in [0.05, 0.1) is 17.7 Å². The number of hydrogen-bond donors (Lipinski definition) is 1. The standard InChI is InChI=1S/C28H23N5O2/c34-17-16-32-26(21-12-6-2-7-13-21)24(20-10-4-1-5-11-20)25-27(32)29-19-33-28(25)30-23(31-33)18-35-22-14-8-3-9-15-22/h1-15,19,34H,16-18H2. The van der Waals surface area contributed by atoms with E-state index in [1.54, 1.807) is 10.8 Å². The molecular weight excluding hydrogens is 438 g/mol. The zero-order chi connectivity index (χ0) is 23.6. The van der Waals surface area contributed by atoms with Gasteiger partial charge < -0.3 is 14.4 Å². The number of ether oxygens (including phenoxy) is 1. The van der Waals surface area contributed by atoms with Gasteiger partial charge in [0.2, 0.25) is 0 Å². The van der Waals surface area contributed by atoms with Crippen LogP contribution >= 0.6 is 0 Å². The molecule has 7 heteroatoms. The van der Waals surface area contributed by atoms with Crippen molar-refractivity contribution in [2.75, 3.05) is 6.61 Å². The summed E-state index contributed by atoms with van der Waals surface area (Å²) in [4.78, 5) is 9.62. The summed E-state index contributed by atoms with van der Waals surface area (Å²) in [5.74, 6) is 1.33. The highest BCUT2D eigenvalue weighted by Crippen LogP contribution is 2.41. The minimum Gasteiger partial charge on any atom is -0.486 e. The van der Waals surface area contributed by atoms with Crippen LogP contribution in [0.5, 0.6) is 5.75 Å². The van der Waals surface area contributed by atoms with E-state index in [2.05, 4.69) is 33.9 Å². The number of aliphatic hydroxyl groups is 1. The maximum atomic E-state index is 9.93. The van der Waals surface area contributed by atoms with Crippen LogP contribution in [-0.2, 0) is 13.2 Å². The Bertz CT molecular complexity index is 1590. The van der Waals surface area contributed by atoms with E-state index in [4.69, 9.17) is 14.7 Å². The predicted molar refractivity (Wildman–Crippen MR) is 135 cm³/mol. The van der Waals surface area contributed by atoms with Gasteiger partial charge in [-0.15, -0.1) is 5.10 Å². The largest absolute Gasteiger partial charge is 0.486 e. The van der Waals surface area contributed by atoms with E-state index in [-0.39, 0.29) is 13.2 Å². The molecule has 35 heavy (non-hydrogen) atoms. The van der Waals surface area contributed by atoms with Gasteiger partial charge in [0.15, 0.2) is 11.5 Å². The molecule has 0 spiro atoms. The summed E-state index contributed by atoms with van der Waals surface area (Å²) in [5, 5.41) is 15.5. The van der Waals surface area contributed by atoms with E-state index in [1.807, 2.05) is 66.7 Å². The Balaban J connectivity index is 1.60. The Labute approximate surface area is 201 Å². The van der Waals surface area contributed by atoms with Crippen molar-refractivity contribution in [3.05, 3.63) is 103 Å². The highest BCUT2D eigenvalue weighted by atomic mass is 16.5. The first kappa shape index (κ1) is 21.1.